The molecule has 2 aromatic rings. The van der Waals surface area contributed by atoms with E-state index < -0.39 is 11.3 Å². The third-order valence-electron chi connectivity index (χ3n) is 3.84. The summed E-state index contributed by atoms with van der Waals surface area (Å²) in [6, 6.07) is 12.6. The van der Waals surface area contributed by atoms with Crippen molar-refractivity contribution in [1.82, 2.24) is 10.0 Å². The van der Waals surface area contributed by atoms with Gasteiger partial charge >= 0.3 is 0 Å². The van der Waals surface area contributed by atoms with Crippen molar-refractivity contribution >= 4 is 5.84 Å². The predicted molar refractivity (Wildman–Crippen MR) is 78.8 cm³/mol. The van der Waals surface area contributed by atoms with E-state index in [-0.39, 0.29) is 0 Å². The van der Waals surface area contributed by atoms with Gasteiger partial charge in [-0.15, -0.1) is 0 Å². The van der Waals surface area contributed by atoms with Gasteiger partial charge < -0.3 is 5.11 Å². The van der Waals surface area contributed by atoms with Crippen molar-refractivity contribution < 1.29 is 10.3 Å². The Kier molecular flexibility index (Phi) is 3.04. The van der Waals surface area contributed by atoms with Crippen molar-refractivity contribution in [2.24, 2.45) is 4.99 Å². The zero-order valence-corrected chi connectivity index (χ0v) is 11.9. The first-order chi connectivity index (χ1) is 9.97. The maximum Gasteiger partial charge on any atom is 0.214 e. The first-order valence-electron chi connectivity index (χ1n) is 6.74. The van der Waals surface area contributed by atoms with Crippen LogP contribution in [0.3, 0.4) is 0 Å². The minimum Gasteiger partial charge on any atom is -0.363 e. The van der Waals surface area contributed by atoms with Crippen LogP contribution in [-0.2, 0) is 5.72 Å². The molecule has 3 rings (SSSR count). The Bertz CT molecular complexity index is 670. The lowest BCUT2D eigenvalue weighted by Gasteiger charge is -2.38. The number of aliphatic hydroxyl groups is 1. The lowest BCUT2D eigenvalue weighted by Crippen LogP contribution is -2.53. The standard InChI is InChI=1S/C16H17N3O2/c1-15(2)16(20,13-8-4-3-5-9-13)19(21)14(18-15)12-7-6-10-17-11-12/h3-11,20-21H,1-2H3/t16-/m0/s1. The summed E-state index contributed by atoms with van der Waals surface area (Å²) in [7, 11) is 0. The zero-order chi connectivity index (χ0) is 15.1. The van der Waals surface area contributed by atoms with Gasteiger partial charge in [0, 0.05) is 23.5 Å². The van der Waals surface area contributed by atoms with Gasteiger partial charge in [-0.25, -0.2) is 0 Å². The van der Waals surface area contributed by atoms with E-state index in [1.165, 1.54) is 0 Å². The highest BCUT2D eigenvalue weighted by atomic mass is 16.5. The van der Waals surface area contributed by atoms with Gasteiger partial charge in [0.2, 0.25) is 5.72 Å². The van der Waals surface area contributed by atoms with E-state index in [2.05, 4.69) is 9.98 Å². The van der Waals surface area contributed by atoms with Gasteiger partial charge in [0.05, 0.1) is 0 Å². The molecule has 0 aliphatic carbocycles. The second-order valence-corrected chi connectivity index (χ2v) is 5.59. The third kappa shape index (κ3) is 1.93. The number of hydrogen-bond acceptors (Lipinski definition) is 5. The average molecular weight is 283 g/mol. The highest BCUT2D eigenvalue weighted by Crippen LogP contribution is 2.43. The molecule has 2 N–H and O–H groups in total. The lowest BCUT2D eigenvalue weighted by atomic mass is 9.86. The number of rotatable bonds is 2. The highest BCUT2D eigenvalue weighted by Gasteiger charge is 2.56. The average Bonchev–Trinajstić information content (AvgIpc) is 2.70. The Morgan fingerprint density at radius 2 is 1.76 bits per heavy atom. The number of benzene rings is 1. The topological polar surface area (TPSA) is 69.0 Å². The summed E-state index contributed by atoms with van der Waals surface area (Å²) in [6.45, 7) is 3.57. The molecule has 1 aliphatic rings. The molecule has 0 saturated heterocycles. The van der Waals surface area contributed by atoms with Gasteiger partial charge in [0.25, 0.3) is 0 Å². The monoisotopic (exact) mass is 283 g/mol. The summed E-state index contributed by atoms with van der Waals surface area (Å²) in [5.41, 5.74) is -1.30. The van der Waals surface area contributed by atoms with E-state index in [1.807, 2.05) is 18.2 Å². The molecule has 5 nitrogen and oxygen atoms in total. The van der Waals surface area contributed by atoms with Crippen LogP contribution in [-0.4, -0.2) is 31.7 Å². The first kappa shape index (κ1) is 13.7. The van der Waals surface area contributed by atoms with Crippen LogP contribution >= 0.6 is 0 Å². The molecule has 1 aromatic heterocycles. The van der Waals surface area contributed by atoms with Crippen LogP contribution in [0.25, 0.3) is 0 Å². The fraction of sp³-hybridized carbons (Fsp3) is 0.250. The van der Waals surface area contributed by atoms with Crippen molar-refractivity contribution in [2.75, 3.05) is 0 Å². The molecule has 0 spiro atoms. The van der Waals surface area contributed by atoms with Gasteiger partial charge in [0.1, 0.15) is 5.54 Å². The smallest absolute Gasteiger partial charge is 0.214 e. The van der Waals surface area contributed by atoms with E-state index in [0.717, 1.165) is 5.06 Å². The van der Waals surface area contributed by atoms with Crippen LogP contribution < -0.4 is 0 Å². The second-order valence-electron chi connectivity index (χ2n) is 5.59. The molecule has 1 aromatic carbocycles. The maximum atomic E-state index is 11.1. The van der Waals surface area contributed by atoms with Crippen molar-refractivity contribution in [1.29, 1.82) is 0 Å². The molecular weight excluding hydrogens is 266 g/mol. The Hall–Kier alpha value is -2.24. The van der Waals surface area contributed by atoms with Crippen molar-refractivity contribution in [2.45, 2.75) is 25.1 Å². The fourth-order valence-electron chi connectivity index (χ4n) is 2.63. The summed E-state index contributed by atoms with van der Waals surface area (Å²) in [5.74, 6) is 0.305. The number of hydroxylamine groups is 2. The van der Waals surface area contributed by atoms with Gasteiger partial charge in [-0.2, -0.15) is 5.06 Å². The predicted octanol–water partition coefficient (Wildman–Crippen LogP) is 2.16. The van der Waals surface area contributed by atoms with Crippen LogP contribution in [0.4, 0.5) is 0 Å². The van der Waals surface area contributed by atoms with Crippen molar-refractivity contribution in [3.63, 3.8) is 0 Å². The number of pyridine rings is 1. The van der Waals surface area contributed by atoms with E-state index in [4.69, 9.17) is 0 Å². The maximum absolute atomic E-state index is 11.1. The van der Waals surface area contributed by atoms with Crippen LogP contribution in [0.2, 0.25) is 0 Å². The molecule has 108 valence electrons. The molecular formula is C16H17N3O2. The molecule has 1 aliphatic heterocycles. The van der Waals surface area contributed by atoms with E-state index in [1.54, 1.807) is 50.5 Å². The summed E-state index contributed by atoms with van der Waals surface area (Å²) >= 11 is 0. The minimum absolute atomic E-state index is 0.305. The molecule has 0 fully saturated rings. The molecule has 0 unspecified atom stereocenters. The van der Waals surface area contributed by atoms with Crippen LogP contribution in [0.15, 0.2) is 59.9 Å². The summed E-state index contributed by atoms with van der Waals surface area (Å²) in [6.07, 6.45) is 3.25. The second kappa shape index (κ2) is 4.65. The zero-order valence-electron chi connectivity index (χ0n) is 11.9. The lowest BCUT2D eigenvalue weighted by molar-refractivity contribution is -0.234. The molecule has 5 heteroatoms. The quantitative estimate of drug-likeness (QED) is 0.886. The van der Waals surface area contributed by atoms with Crippen LogP contribution in [0.5, 0.6) is 0 Å². The van der Waals surface area contributed by atoms with Gasteiger partial charge in [-0.3, -0.25) is 15.2 Å². The molecule has 2 heterocycles. The number of aliphatic imine (C=N–C) groups is 1. The molecule has 21 heavy (non-hydrogen) atoms. The first-order valence-corrected chi connectivity index (χ1v) is 6.74. The summed E-state index contributed by atoms with van der Waals surface area (Å²) in [4.78, 5) is 8.54. The molecule has 0 bridgehead atoms. The number of amidine groups is 1. The normalized spacial score (nSPS) is 24.0. The van der Waals surface area contributed by atoms with Gasteiger partial charge in [0.15, 0.2) is 5.84 Å². The summed E-state index contributed by atoms with van der Waals surface area (Å²) in [5, 5.41) is 22.5. The minimum atomic E-state index is -1.63. The Morgan fingerprint density at radius 1 is 1.05 bits per heavy atom. The van der Waals surface area contributed by atoms with E-state index in [0.29, 0.717) is 17.0 Å². The van der Waals surface area contributed by atoms with Crippen molar-refractivity contribution in [3.05, 3.63) is 66.0 Å². The number of hydrogen-bond donors (Lipinski definition) is 2. The Balaban J connectivity index is 2.11. The number of aromatic nitrogens is 1. The molecule has 0 radical (unpaired) electrons. The Morgan fingerprint density at radius 3 is 2.38 bits per heavy atom. The van der Waals surface area contributed by atoms with Crippen LogP contribution in [0.1, 0.15) is 25.0 Å². The van der Waals surface area contributed by atoms with E-state index >= 15 is 0 Å². The van der Waals surface area contributed by atoms with Crippen LogP contribution in [0, 0.1) is 0 Å². The van der Waals surface area contributed by atoms with Gasteiger partial charge in [-0.1, -0.05) is 30.3 Å². The van der Waals surface area contributed by atoms with Gasteiger partial charge in [-0.05, 0) is 26.0 Å². The van der Waals surface area contributed by atoms with Crippen molar-refractivity contribution in [3.8, 4) is 0 Å². The number of nitrogens with zero attached hydrogens (tertiary/aromatic N) is 3. The molecule has 0 amide bonds. The summed E-state index contributed by atoms with van der Waals surface area (Å²) < 4.78 is 0. The highest BCUT2D eigenvalue weighted by molar-refractivity contribution is 6.00. The third-order valence-corrected chi connectivity index (χ3v) is 3.84. The SMILES string of the molecule is CC1(C)N=C(c2cccnc2)N(O)[C@]1(O)c1ccccc1. The largest absolute Gasteiger partial charge is 0.363 e. The van der Waals surface area contributed by atoms with E-state index in [9.17, 15) is 10.3 Å². The fourth-order valence-corrected chi connectivity index (χ4v) is 2.63. The molecule has 0 saturated carbocycles. The Labute approximate surface area is 123 Å². The molecule has 1 atom stereocenters.